The number of nitrogens with one attached hydrogen (secondary N) is 1. The summed E-state index contributed by atoms with van der Waals surface area (Å²) in [7, 11) is 0. The Bertz CT molecular complexity index is 884. The number of imidazole rings is 1. The van der Waals surface area contributed by atoms with E-state index >= 15 is 0 Å². The number of ketones is 1. The van der Waals surface area contributed by atoms with Crippen molar-refractivity contribution in [2.75, 3.05) is 0 Å². The highest BCUT2D eigenvalue weighted by Gasteiger charge is 2.39. The van der Waals surface area contributed by atoms with Crippen LogP contribution in [0.4, 0.5) is 0 Å². The Hall–Kier alpha value is -2.77. The molecule has 0 amide bonds. The molecule has 29 heavy (non-hydrogen) atoms. The molecule has 1 heterocycles. The van der Waals surface area contributed by atoms with Crippen molar-refractivity contribution in [3.8, 4) is 0 Å². The molecule has 1 aromatic carbocycles. The van der Waals surface area contributed by atoms with Gasteiger partial charge in [0, 0.05) is 24.7 Å². The number of unbranched alkanes of at least 4 members (excludes halogenated alkanes) is 1. The van der Waals surface area contributed by atoms with Gasteiger partial charge in [0.05, 0.1) is 17.1 Å². The lowest BCUT2D eigenvalue weighted by atomic mass is 9.90. The minimum absolute atomic E-state index is 0.0465. The summed E-state index contributed by atoms with van der Waals surface area (Å²) in [4.78, 5) is 30.2. The molecule has 0 spiro atoms. The van der Waals surface area contributed by atoms with Gasteiger partial charge < -0.3 is 20.3 Å². The molecule has 0 saturated heterocycles. The molecule has 1 aliphatic carbocycles. The zero-order valence-electron chi connectivity index (χ0n) is 16.1. The van der Waals surface area contributed by atoms with E-state index in [1.807, 2.05) is 36.4 Å². The third kappa shape index (κ3) is 5.40. The van der Waals surface area contributed by atoms with Gasteiger partial charge >= 0.3 is 5.97 Å². The van der Waals surface area contributed by atoms with Crippen LogP contribution in [0.1, 0.15) is 44.0 Å². The normalized spacial score (nSPS) is 23.5. The number of aliphatic hydroxyl groups excluding tert-OH is 2. The van der Waals surface area contributed by atoms with Crippen molar-refractivity contribution in [1.29, 1.82) is 0 Å². The van der Waals surface area contributed by atoms with Gasteiger partial charge in [0.2, 0.25) is 0 Å². The van der Waals surface area contributed by atoms with Gasteiger partial charge in [0.25, 0.3) is 0 Å². The minimum atomic E-state index is -0.972. The Morgan fingerprint density at radius 2 is 2.10 bits per heavy atom. The first-order valence-electron chi connectivity index (χ1n) is 9.84. The van der Waals surface area contributed by atoms with Crippen molar-refractivity contribution in [2.24, 2.45) is 11.8 Å². The van der Waals surface area contributed by atoms with Crippen LogP contribution >= 0.6 is 0 Å². The van der Waals surface area contributed by atoms with Gasteiger partial charge in [-0.3, -0.25) is 9.59 Å². The highest BCUT2D eigenvalue weighted by molar-refractivity contribution is 5.86. The predicted octanol–water partition coefficient (Wildman–Crippen LogP) is 2.92. The number of hydrogen-bond donors (Lipinski definition) is 4. The lowest BCUT2D eigenvalue weighted by Gasteiger charge is -2.16. The van der Waals surface area contributed by atoms with Crippen LogP contribution in [-0.2, 0) is 9.59 Å². The Morgan fingerprint density at radius 1 is 1.31 bits per heavy atom. The number of aliphatic carboxylic acids is 1. The molecule has 4 atom stereocenters. The molecule has 7 heteroatoms. The van der Waals surface area contributed by atoms with Gasteiger partial charge in [-0.15, -0.1) is 0 Å². The number of para-hydroxylation sites is 2. The van der Waals surface area contributed by atoms with E-state index in [1.54, 1.807) is 12.2 Å². The first-order chi connectivity index (χ1) is 14.0. The summed E-state index contributed by atoms with van der Waals surface area (Å²) in [6.07, 6.45) is 7.26. The van der Waals surface area contributed by atoms with E-state index in [2.05, 4.69) is 9.97 Å². The number of aliphatic hydroxyl groups is 2. The van der Waals surface area contributed by atoms with Gasteiger partial charge in [-0.1, -0.05) is 36.4 Å². The molecular weight excluding hydrogens is 372 g/mol. The summed E-state index contributed by atoms with van der Waals surface area (Å²) in [6.45, 7) is 0. The number of hydrogen-bond acceptors (Lipinski definition) is 5. The largest absolute Gasteiger partial charge is 0.481 e. The predicted molar refractivity (Wildman–Crippen MR) is 108 cm³/mol. The second kappa shape index (κ2) is 9.62. The van der Waals surface area contributed by atoms with Gasteiger partial charge in [0.1, 0.15) is 17.7 Å². The third-order valence-electron chi connectivity index (χ3n) is 5.26. The lowest BCUT2D eigenvalue weighted by molar-refractivity contribution is -0.137. The maximum absolute atomic E-state index is 12.3. The molecule has 2 aromatic rings. The molecule has 4 N–H and O–H groups in total. The van der Waals surface area contributed by atoms with Crippen LogP contribution in [0.2, 0.25) is 0 Å². The summed E-state index contributed by atoms with van der Waals surface area (Å²) < 4.78 is 0. The highest BCUT2D eigenvalue weighted by Crippen LogP contribution is 2.34. The molecule has 1 saturated carbocycles. The van der Waals surface area contributed by atoms with Crippen LogP contribution in [0.25, 0.3) is 11.0 Å². The SMILES string of the molecule is O=C(O)CCC/C=C\C[C@H]1[C@@H](O)CC(=O)[C@@H]1/C=C/[C@@H](O)c1nc2ccccc2[nH]1. The standard InChI is InChI=1S/C22H26N2O5/c25-18(22-23-16-8-5-6-9-17(16)24-22)12-11-15-14(19(26)13-20(15)27)7-3-1-2-4-10-21(28)29/h1,3,5-6,8-9,11-12,14-15,18-19,25-26H,2,4,7,10,13H2,(H,23,24)(H,28,29)/b3-1-,12-11+/t14-,15-,18-,19+/m1/s1. The van der Waals surface area contributed by atoms with E-state index < -0.39 is 24.1 Å². The van der Waals surface area contributed by atoms with Crippen molar-refractivity contribution in [1.82, 2.24) is 9.97 Å². The number of carbonyl (C=O) groups is 2. The average Bonchev–Trinajstić information content (AvgIpc) is 3.23. The molecule has 1 fully saturated rings. The average molecular weight is 398 g/mol. The second-order valence-corrected chi connectivity index (χ2v) is 7.39. The fraction of sp³-hybridized carbons (Fsp3) is 0.409. The van der Waals surface area contributed by atoms with E-state index in [1.165, 1.54) is 0 Å². The highest BCUT2D eigenvalue weighted by atomic mass is 16.4. The molecule has 1 aromatic heterocycles. The summed E-state index contributed by atoms with van der Waals surface area (Å²) >= 11 is 0. The number of carbonyl (C=O) groups excluding carboxylic acids is 1. The van der Waals surface area contributed by atoms with Crippen LogP contribution in [0, 0.1) is 11.8 Å². The lowest BCUT2D eigenvalue weighted by Crippen LogP contribution is -2.18. The monoisotopic (exact) mass is 398 g/mol. The molecular formula is C22H26N2O5. The molecule has 7 nitrogen and oxygen atoms in total. The number of carboxylic acid groups (broad SMARTS) is 1. The van der Waals surface area contributed by atoms with E-state index in [9.17, 15) is 19.8 Å². The van der Waals surface area contributed by atoms with Crippen molar-refractivity contribution in [3.63, 3.8) is 0 Å². The minimum Gasteiger partial charge on any atom is -0.481 e. The van der Waals surface area contributed by atoms with Crippen LogP contribution in [-0.4, -0.2) is 43.1 Å². The molecule has 0 aliphatic heterocycles. The number of H-pyrrole nitrogens is 1. The number of aromatic amines is 1. The molecule has 0 bridgehead atoms. The Balaban J connectivity index is 1.61. The summed E-state index contributed by atoms with van der Waals surface area (Å²) in [5, 5.41) is 29.3. The van der Waals surface area contributed by atoms with Gasteiger partial charge in [-0.2, -0.15) is 0 Å². The summed E-state index contributed by atoms with van der Waals surface area (Å²) in [5.41, 5.74) is 1.58. The molecule has 154 valence electrons. The van der Waals surface area contributed by atoms with E-state index in [0.717, 1.165) is 11.0 Å². The summed E-state index contributed by atoms with van der Waals surface area (Å²) in [6, 6.07) is 7.47. The van der Waals surface area contributed by atoms with Gasteiger partial charge in [0.15, 0.2) is 0 Å². The molecule has 0 radical (unpaired) electrons. The van der Waals surface area contributed by atoms with Crippen molar-refractivity contribution in [2.45, 2.75) is 44.3 Å². The first kappa shape index (κ1) is 21.0. The number of nitrogens with zero attached hydrogens (tertiary/aromatic N) is 1. The molecule has 0 unspecified atom stereocenters. The van der Waals surface area contributed by atoms with Gasteiger partial charge in [-0.25, -0.2) is 4.98 Å². The maximum Gasteiger partial charge on any atom is 0.303 e. The maximum atomic E-state index is 12.3. The van der Waals surface area contributed by atoms with Crippen molar-refractivity contribution >= 4 is 22.8 Å². The fourth-order valence-corrected chi connectivity index (χ4v) is 3.70. The van der Waals surface area contributed by atoms with Crippen molar-refractivity contribution < 1.29 is 24.9 Å². The first-order valence-corrected chi connectivity index (χ1v) is 9.84. The molecule has 1 aliphatic rings. The van der Waals surface area contributed by atoms with E-state index in [4.69, 9.17) is 5.11 Å². The van der Waals surface area contributed by atoms with Crippen LogP contribution < -0.4 is 0 Å². The number of carboxylic acids is 1. The zero-order chi connectivity index (χ0) is 20.8. The van der Waals surface area contributed by atoms with Crippen molar-refractivity contribution in [3.05, 3.63) is 54.4 Å². The number of aromatic nitrogens is 2. The number of fused-ring (bicyclic) bond motifs is 1. The van der Waals surface area contributed by atoms with Crippen LogP contribution in [0.5, 0.6) is 0 Å². The quantitative estimate of drug-likeness (QED) is 0.380. The van der Waals surface area contributed by atoms with Crippen LogP contribution in [0.15, 0.2) is 48.6 Å². The second-order valence-electron chi connectivity index (χ2n) is 7.39. The Labute approximate surface area is 168 Å². The number of benzene rings is 1. The van der Waals surface area contributed by atoms with E-state index in [0.29, 0.717) is 25.1 Å². The topological polar surface area (TPSA) is 124 Å². The third-order valence-corrected chi connectivity index (χ3v) is 5.26. The fourth-order valence-electron chi connectivity index (χ4n) is 3.70. The van der Waals surface area contributed by atoms with Crippen LogP contribution in [0.3, 0.4) is 0 Å². The van der Waals surface area contributed by atoms with Gasteiger partial charge in [-0.05, 0) is 31.4 Å². The zero-order valence-corrected chi connectivity index (χ0v) is 16.1. The number of rotatable bonds is 9. The van der Waals surface area contributed by atoms with E-state index in [-0.39, 0.29) is 24.5 Å². The number of allylic oxidation sites excluding steroid dienone is 3. The number of Topliss-reactive ketones (excluding diaryl/α,β-unsaturated/α-hetero) is 1. The summed E-state index contributed by atoms with van der Waals surface area (Å²) in [5.74, 6) is -1.17. The Morgan fingerprint density at radius 3 is 2.86 bits per heavy atom. The Kier molecular flexibility index (Phi) is 6.95. The smallest absolute Gasteiger partial charge is 0.303 e. The molecule has 3 rings (SSSR count).